The fourth-order valence-electron chi connectivity index (χ4n) is 2.37. The number of benzene rings is 1. The van der Waals surface area contributed by atoms with Gasteiger partial charge in [-0.3, -0.25) is 4.31 Å². The van der Waals surface area contributed by atoms with Crippen molar-refractivity contribution in [2.45, 2.75) is 4.90 Å². The fourth-order valence-corrected chi connectivity index (χ4v) is 5.13. The van der Waals surface area contributed by atoms with Crippen LogP contribution in [0.5, 0.6) is 0 Å². The monoisotopic (exact) mass is 315 g/mol. The van der Waals surface area contributed by atoms with Gasteiger partial charge in [0.1, 0.15) is 0 Å². The predicted molar refractivity (Wildman–Crippen MR) is 80.2 cm³/mol. The van der Waals surface area contributed by atoms with Gasteiger partial charge >= 0.3 is 10.2 Å². The van der Waals surface area contributed by atoms with Crippen LogP contribution in [0.15, 0.2) is 23.1 Å². The molecule has 8 heteroatoms. The van der Waals surface area contributed by atoms with Gasteiger partial charge < -0.3 is 10.5 Å². The Morgan fingerprint density at radius 1 is 1.20 bits per heavy atom. The van der Waals surface area contributed by atoms with Crippen LogP contribution in [0.1, 0.15) is 0 Å². The Bertz CT molecular complexity index is 600. The van der Waals surface area contributed by atoms with Crippen LogP contribution in [-0.2, 0) is 14.9 Å². The molecular formula is C12H17N3O3S2. The number of anilines is 2. The van der Waals surface area contributed by atoms with Gasteiger partial charge in [-0.15, -0.1) is 11.8 Å². The van der Waals surface area contributed by atoms with E-state index in [0.29, 0.717) is 44.2 Å². The van der Waals surface area contributed by atoms with Crippen LogP contribution in [0.4, 0.5) is 11.4 Å². The maximum atomic E-state index is 12.8. The summed E-state index contributed by atoms with van der Waals surface area (Å²) in [6.07, 6.45) is 0. The lowest BCUT2D eigenvalue weighted by atomic mass is 10.3. The van der Waals surface area contributed by atoms with E-state index in [2.05, 4.69) is 0 Å². The van der Waals surface area contributed by atoms with Crippen molar-refractivity contribution in [1.29, 1.82) is 0 Å². The fraction of sp³-hybridized carbons (Fsp3) is 0.500. The Balaban J connectivity index is 1.97. The average molecular weight is 315 g/mol. The Hall–Kier alpha value is -0.960. The molecule has 2 heterocycles. The molecule has 2 aliphatic heterocycles. The molecule has 2 aliphatic rings. The molecule has 0 amide bonds. The Labute approximate surface area is 123 Å². The second-order valence-corrected chi connectivity index (χ2v) is 7.66. The van der Waals surface area contributed by atoms with E-state index in [1.165, 1.54) is 8.61 Å². The van der Waals surface area contributed by atoms with E-state index in [0.717, 1.165) is 10.6 Å². The molecule has 6 nitrogen and oxygen atoms in total. The molecule has 0 unspecified atom stereocenters. The predicted octanol–water partition coefficient (Wildman–Crippen LogP) is 0.758. The number of fused-ring (bicyclic) bond motifs is 1. The highest BCUT2D eigenvalue weighted by Gasteiger charge is 2.34. The highest BCUT2D eigenvalue weighted by Crippen LogP contribution is 2.38. The Morgan fingerprint density at radius 3 is 2.70 bits per heavy atom. The van der Waals surface area contributed by atoms with Gasteiger partial charge in [-0.2, -0.15) is 12.7 Å². The average Bonchev–Trinajstić information content (AvgIpc) is 2.47. The van der Waals surface area contributed by atoms with E-state index in [4.69, 9.17) is 10.5 Å². The number of nitrogen functional groups attached to an aromatic ring is 1. The summed E-state index contributed by atoms with van der Waals surface area (Å²) in [5, 5.41) is 0. The standard InChI is InChI=1S/C12H17N3O3S2/c13-10-1-2-12-11(9-10)15(5-8-19-12)20(16,17)14-3-6-18-7-4-14/h1-2,9H,3-8,13H2. The van der Waals surface area contributed by atoms with Gasteiger partial charge in [0.15, 0.2) is 0 Å². The number of hydrogen-bond acceptors (Lipinski definition) is 5. The van der Waals surface area contributed by atoms with Gasteiger partial charge in [0, 0.05) is 36.0 Å². The van der Waals surface area contributed by atoms with Crippen LogP contribution in [-0.4, -0.2) is 51.3 Å². The minimum absolute atomic E-state index is 0.406. The molecule has 0 bridgehead atoms. The molecule has 0 aliphatic carbocycles. The largest absolute Gasteiger partial charge is 0.399 e. The summed E-state index contributed by atoms with van der Waals surface area (Å²) in [6.45, 7) is 2.19. The van der Waals surface area contributed by atoms with Crippen molar-refractivity contribution < 1.29 is 13.2 Å². The number of nitrogens with two attached hydrogens (primary N) is 1. The van der Waals surface area contributed by atoms with Crippen molar-refractivity contribution >= 4 is 33.3 Å². The Morgan fingerprint density at radius 2 is 1.95 bits per heavy atom. The van der Waals surface area contributed by atoms with Crippen LogP contribution in [0.2, 0.25) is 0 Å². The van der Waals surface area contributed by atoms with E-state index < -0.39 is 10.2 Å². The first-order chi connectivity index (χ1) is 9.59. The van der Waals surface area contributed by atoms with Crippen LogP contribution in [0.3, 0.4) is 0 Å². The quantitative estimate of drug-likeness (QED) is 0.815. The van der Waals surface area contributed by atoms with Crippen LogP contribution < -0.4 is 10.0 Å². The number of nitrogens with zero attached hydrogens (tertiary/aromatic N) is 2. The minimum Gasteiger partial charge on any atom is -0.399 e. The first-order valence-electron chi connectivity index (χ1n) is 6.47. The molecule has 0 spiro atoms. The topological polar surface area (TPSA) is 75.9 Å². The van der Waals surface area contributed by atoms with Crippen LogP contribution in [0.25, 0.3) is 0 Å². The van der Waals surface area contributed by atoms with E-state index >= 15 is 0 Å². The summed E-state index contributed by atoms with van der Waals surface area (Å²) in [7, 11) is -3.50. The van der Waals surface area contributed by atoms with E-state index in [9.17, 15) is 8.42 Å². The van der Waals surface area contributed by atoms with Gasteiger partial charge in [-0.05, 0) is 18.2 Å². The second kappa shape index (κ2) is 5.44. The number of rotatable bonds is 2. The van der Waals surface area contributed by atoms with Crippen molar-refractivity contribution in [2.24, 2.45) is 0 Å². The molecule has 2 N–H and O–H groups in total. The number of hydrogen-bond donors (Lipinski definition) is 1. The van der Waals surface area contributed by atoms with E-state index in [1.807, 2.05) is 6.07 Å². The minimum atomic E-state index is -3.50. The zero-order valence-corrected chi connectivity index (χ0v) is 12.6. The molecule has 3 rings (SSSR count). The summed E-state index contributed by atoms with van der Waals surface area (Å²) in [6, 6.07) is 5.42. The van der Waals surface area contributed by atoms with Crippen molar-refractivity contribution in [3.8, 4) is 0 Å². The third-order valence-corrected chi connectivity index (χ3v) is 6.38. The molecule has 0 radical (unpaired) electrons. The lowest BCUT2D eigenvalue weighted by Crippen LogP contribution is -2.50. The van der Waals surface area contributed by atoms with Crippen molar-refractivity contribution in [3.63, 3.8) is 0 Å². The highest BCUT2D eigenvalue weighted by atomic mass is 32.2. The summed E-state index contributed by atoms with van der Waals surface area (Å²) >= 11 is 1.66. The lowest BCUT2D eigenvalue weighted by molar-refractivity contribution is 0.0729. The molecule has 110 valence electrons. The van der Waals surface area contributed by atoms with Crippen molar-refractivity contribution in [2.75, 3.05) is 48.6 Å². The highest BCUT2D eigenvalue weighted by molar-refractivity contribution is 7.99. The molecule has 1 aromatic rings. The number of morpholine rings is 1. The Kier molecular flexibility index (Phi) is 3.80. The molecule has 1 saturated heterocycles. The third-order valence-electron chi connectivity index (χ3n) is 3.38. The van der Waals surface area contributed by atoms with Gasteiger partial charge in [-0.1, -0.05) is 0 Å². The van der Waals surface area contributed by atoms with Gasteiger partial charge in [0.2, 0.25) is 0 Å². The summed E-state index contributed by atoms with van der Waals surface area (Å²) in [5.41, 5.74) is 7.07. The van der Waals surface area contributed by atoms with Crippen molar-refractivity contribution in [3.05, 3.63) is 18.2 Å². The molecule has 1 aromatic carbocycles. The van der Waals surface area contributed by atoms with E-state index in [1.54, 1.807) is 23.9 Å². The molecular weight excluding hydrogens is 298 g/mol. The van der Waals surface area contributed by atoms with Crippen molar-refractivity contribution in [1.82, 2.24) is 4.31 Å². The number of ether oxygens (including phenoxy) is 1. The summed E-state index contributed by atoms with van der Waals surface area (Å²) in [5.74, 6) is 0.750. The van der Waals surface area contributed by atoms with Crippen LogP contribution >= 0.6 is 11.8 Å². The zero-order chi connectivity index (χ0) is 14.2. The van der Waals surface area contributed by atoms with Crippen LogP contribution in [0, 0.1) is 0 Å². The second-order valence-electron chi connectivity index (χ2n) is 4.67. The third kappa shape index (κ3) is 2.48. The molecule has 0 saturated carbocycles. The molecule has 20 heavy (non-hydrogen) atoms. The first-order valence-corrected chi connectivity index (χ1v) is 8.85. The summed E-state index contributed by atoms with van der Waals surface area (Å²) < 4.78 is 33.7. The number of thioether (sulfide) groups is 1. The smallest absolute Gasteiger partial charge is 0.304 e. The van der Waals surface area contributed by atoms with E-state index in [-0.39, 0.29) is 0 Å². The molecule has 0 atom stereocenters. The maximum absolute atomic E-state index is 12.8. The van der Waals surface area contributed by atoms with Gasteiger partial charge in [0.25, 0.3) is 0 Å². The summed E-state index contributed by atoms with van der Waals surface area (Å²) in [4.78, 5) is 0.960. The lowest BCUT2D eigenvalue weighted by Gasteiger charge is -2.36. The SMILES string of the molecule is Nc1ccc2c(c1)N(S(=O)(=O)N1CCOCC1)CCS2. The molecule has 0 aromatic heterocycles. The normalized spacial score (nSPS) is 20.7. The maximum Gasteiger partial charge on any atom is 0.304 e. The van der Waals surface area contributed by atoms with Gasteiger partial charge in [0.05, 0.1) is 18.9 Å². The molecule has 1 fully saturated rings. The van der Waals surface area contributed by atoms with Gasteiger partial charge in [-0.25, -0.2) is 0 Å². The zero-order valence-electron chi connectivity index (χ0n) is 11.0. The first kappa shape index (κ1) is 14.0.